The molecule has 0 aliphatic heterocycles. The molecule has 6 nitrogen and oxygen atoms in total. The Bertz CT molecular complexity index is 1060. The van der Waals surface area contributed by atoms with Gasteiger partial charge in [-0.2, -0.15) is 0 Å². The van der Waals surface area contributed by atoms with Gasteiger partial charge < -0.3 is 5.32 Å². The van der Waals surface area contributed by atoms with Crippen molar-refractivity contribution in [1.82, 2.24) is 10.3 Å². The monoisotopic (exact) mass is 401 g/mol. The lowest BCUT2D eigenvalue weighted by Gasteiger charge is -2.08. The van der Waals surface area contributed by atoms with Crippen LogP contribution in [0.25, 0.3) is 10.6 Å². The highest BCUT2D eigenvalue weighted by atomic mass is 32.2. The molecule has 0 unspecified atom stereocenters. The van der Waals surface area contributed by atoms with Crippen LogP contribution in [0, 0.1) is 6.92 Å². The maximum atomic E-state index is 12.5. The van der Waals surface area contributed by atoms with Crippen LogP contribution in [-0.4, -0.2) is 25.6 Å². The zero-order valence-corrected chi connectivity index (χ0v) is 16.5. The van der Waals surface area contributed by atoms with Gasteiger partial charge in [-0.1, -0.05) is 42.5 Å². The van der Waals surface area contributed by atoms with Crippen molar-refractivity contribution in [2.75, 3.05) is 11.0 Å². The van der Waals surface area contributed by atoms with Crippen molar-refractivity contribution in [3.63, 3.8) is 0 Å². The van der Waals surface area contributed by atoms with Gasteiger partial charge in [0, 0.05) is 17.8 Å². The predicted molar refractivity (Wildman–Crippen MR) is 108 cm³/mol. The van der Waals surface area contributed by atoms with E-state index in [1.165, 1.54) is 11.3 Å². The molecule has 8 heteroatoms. The van der Waals surface area contributed by atoms with Crippen LogP contribution >= 0.6 is 11.3 Å². The lowest BCUT2D eigenvalue weighted by molar-refractivity contribution is 0.0954. The zero-order valence-electron chi connectivity index (χ0n) is 14.9. The summed E-state index contributed by atoms with van der Waals surface area (Å²) in [6.45, 7) is 2.10. The molecule has 2 N–H and O–H groups in total. The number of benzene rings is 2. The summed E-state index contributed by atoms with van der Waals surface area (Å²) in [5.74, 6) is -0.200. The molecule has 1 aromatic heterocycles. The van der Waals surface area contributed by atoms with E-state index in [0.29, 0.717) is 16.3 Å². The summed E-state index contributed by atoms with van der Waals surface area (Å²) >= 11 is 1.35. The zero-order chi connectivity index (χ0) is 19.4. The average Bonchev–Trinajstić information content (AvgIpc) is 3.01. The third-order valence-corrected chi connectivity index (χ3v) is 5.52. The van der Waals surface area contributed by atoms with E-state index in [1.807, 2.05) is 43.3 Å². The molecule has 0 spiro atoms. The van der Waals surface area contributed by atoms with Crippen LogP contribution < -0.4 is 10.0 Å². The minimum absolute atomic E-state index is 0.200. The number of rotatable bonds is 6. The number of aryl methyl sites for hydroxylation is 1. The molecule has 0 saturated heterocycles. The van der Waals surface area contributed by atoms with E-state index in [2.05, 4.69) is 15.0 Å². The number of hydrogen-bond donors (Lipinski definition) is 2. The van der Waals surface area contributed by atoms with E-state index < -0.39 is 10.0 Å². The van der Waals surface area contributed by atoms with Gasteiger partial charge in [-0.05, 0) is 24.6 Å². The van der Waals surface area contributed by atoms with Gasteiger partial charge in [-0.3, -0.25) is 9.52 Å². The van der Waals surface area contributed by atoms with Crippen molar-refractivity contribution in [3.05, 3.63) is 70.7 Å². The first-order valence-electron chi connectivity index (χ1n) is 8.19. The molecule has 3 aromatic rings. The van der Waals surface area contributed by atoms with Gasteiger partial charge in [-0.25, -0.2) is 13.4 Å². The van der Waals surface area contributed by atoms with Crippen molar-refractivity contribution in [1.29, 1.82) is 0 Å². The highest BCUT2D eigenvalue weighted by Crippen LogP contribution is 2.27. The lowest BCUT2D eigenvalue weighted by Crippen LogP contribution is -2.22. The number of nitrogens with one attached hydrogen (secondary N) is 2. The third-order valence-electron chi connectivity index (χ3n) is 3.71. The van der Waals surface area contributed by atoms with E-state index >= 15 is 0 Å². The van der Waals surface area contributed by atoms with E-state index in [-0.39, 0.29) is 12.5 Å². The maximum Gasteiger partial charge on any atom is 0.263 e. The maximum absolute atomic E-state index is 12.5. The van der Waals surface area contributed by atoms with Crippen LogP contribution in [0.15, 0.2) is 54.6 Å². The van der Waals surface area contributed by atoms with Gasteiger partial charge in [0.15, 0.2) is 0 Å². The summed E-state index contributed by atoms with van der Waals surface area (Å²) in [7, 11) is -3.34. The molecule has 1 amide bonds. The number of carbonyl (C=O) groups is 1. The smallest absolute Gasteiger partial charge is 0.263 e. The van der Waals surface area contributed by atoms with E-state index in [0.717, 1.165) is 22.4 Å². The van der Waals surface area contributed by atoms with E-state index in [4.69, 9.17) is 0 Å². The fourth-order valence-corrected chi connectivity index (χ4v) is 4.08. The normalized spacial score (nSPS) is 11.2. The molecule has 2 aromatic carbocycles. The minimum Gasteiger partial charge on any atom is -0.347 e. The number of carbonyl (C=O) groups excluding carboxylic acids is 1. The molecule has 3 rings (SSSR count). The predicted octanol–water partition coefficient (Wildman–Crippen LogP) is 3.42. The molecule has 0 radical (unpaired) electrons. The first kappa shape index (κ1) is 19.1. The molecular formula is C19H19N3O3S2. The summed E-state index contributed by atoms with van der Waals surface area (Å²) in [5.41, 5.74) is 2.92. The lowest BCUT2D eigenvalue weighted by atomic mass is 10.2. The summed E-state index contributed by atoms with van der Waals surface area (Å²) in [6.07, 6.45) is 1.10. The first-order chi connectivity index (χ1) is 12.8. The highest BCUT2D eigenvalue weighted by molar-refractivity contribution is 7.92. The molecule has 0 fully saturated rings. The van der Waals surface area contributed by atoms with E-state index in [1.54, 1.807) is 18.2 Å². The summed E-state index contributed by atoms with van der Waals surface area (Å²) in [5, 5.41) is 3.67. The Morgan fingerprint density at radius 3 is 2.56 bits per heavy atom. The van der Waals surface area contributed by atoms with Gasteiger partial charge in [0.1, 0.15) is 9.88 Å². The van der Waals surface area contributed by atoms with Crippen LogP contribution in [0.4, 0.5) is 5.69 Å². The number of thiazole rings is 1. The summed E-state index contributed by atoms with van der Waals surface area (Å²) < 4.78 is 25.1. The number of hydrogen-bond acceptors (Lipinski definition) is 5. The molecule has 0 atom stereocenters. The minimum atomic E-state index is -3.34. The van der Waals surface area contributed by atoms with Crippen molar-refractivity contribution >= 4 is 33.0 Å². The number of aromatic nitrogens is 1. The fourth-order valence-electron chi connectivity index (χ4n) is 2.53. The standard InChI is InChI=1S/C19H19N3O3S2/c1-13-17(26-19(21-13)15-8-4-3-5-9-15)18(23)20-12-14-7-6-10-16(11-14)22-27(2,24)25/h3-11,22H,12H2,1-2H3,(H,20,23). The molecule has 1 heterocycles. The second-order valence-electron chi connectivity index (χ2n) is 6.06. The SMILES string of the molecule is Cc1nc(-c2ccccc2)sc1C(=O)NCc1cccc(NS(C)(=O)=O)c1. The number of sulfonamides is 1. The second kappa shape index (κ2) is 7.89. The molecule has 0 saturated carbocycles. The van der Waals surface area contributed by atoms with Gasteiger partial charge in [0.2, 0.25) is 10.0 Å². The van der Waals surface area contributed by atoms with Crippen LogP contribution in [0.5, 0.6) is 0 Å². The van der Waals surface area contributed by atoms with Crippen molar-refractivity contribution in [2.24, 2.45) is 0 Å². The average molecular weight is 402 g/mol. The van der Waals surface area contributed by atoms with Crippen LogP contribution in [0.1, 0.15) is 20.9 Å². The van der Waals surface area contributed by atoms with Crippen molar-refractivity contribution in [3.8, 4) is 10.6 Å². The molecule has 0 aliphatic rings. The number of amides is 1. The van der Waals surface area contributed by atoms with Crippen LogP contribution in [0.3, 0.4) is 0 Å². The second-order valence-corrected chi connectivity index (χ2v) is 8.80. The van der Waals surface area contributed by atoms with E-state index in [9.17, 15) is 13.2 Å². The molecule has 27 heavy (non-hydrogen) atoms. The van der Waals surface area contributed by atoms with Crippen LogP contribution in [-0.2, 0) is 16.6 Å². The van der Waals surface area contributed by atoms with Gasteiger partial charge in [0.25, 0.3) is 5.91 Å². The number of nitrogens with zero attached hydrogens (tertiary/aromatic N) is 1. The quantitative estimate of drug-likeness (QED) is 0.662. The molecule has 0 aliphatic carbocycles. The van der Waals surface area contributed by atoms with Crippen molar-refractivity contribution < 1.29 is 13.2 Å². The Kier molecular flexibility index (Phi) is 5.57. The fraction of sp³-hybridized carbons (Fsp3) is 0.158. The van der Waals surface area contributed by atoms with Gasteiger partial charge in [-0.15, -0.1) is 11.3 Å². The van der Waals surface area contributed by atoms with Crippen molar-refractivity contribution in [2.45, 2.75) is 13.5 Å². The molecular weight excluding hydrogens is 382 g/mol. The first-order valence-corrected chi connectivity index (χ1v) is 10.9. The highest BCUT2D eigenvalue weighted by Gasteiger charge is 2.16. The molecule has 0 bridgehead atoms. The largest absolute Gasteiger partial charge is 0.347 e. The Balaban J connectivity index is 1.70. The summed E-state index contributed by atoms with van der Waals surface area (Å²) in [6, 6.07) is 16.6. The van der Waals surface area contributed by atoms with Gasteiger partial charge in [0.05, 0.1) is 11.9 Å². The Morgan fingerprint density at radius 2 is 1.85 bits per heavy atom. The Hall–Kier alpha value is -2.71. The Labute approximate surface area is 162 Å². The Morgan fingerprint density at radius 1 is 1.11 bits per heavy atom. The third kappa shape index (κ3) is 5.15. The van der Waals surface area contributed by atoms with Crippen LogP contribution in [0.2, 0.25) is 0 Å². The number of anilines is 1. The van der Waals surface area contributed by atoms with Gasteiger partial charge >= 0.3 is 0 Å². The summed E-state index contributed by atoms with van der Waals surface area (Å²) in [4.78, 5) is 17.6. The molecule has 140 valence electrons. The topological polar surface area (TPSA) is 88.2 Å².